The molecule has 0 unspecified atom stereocenters. The summed E-state index contributed by atoms with van der Waals surface area (Å²) >= 11 is 6.07. The van der Waals surface area contributed by atoms with Crippen molar-refractivity contribution in [1.82, 2.24) is 14.8 Å². The molecule has 0 aliphatic heterocycles. The number of halogens is 2. The Morgan fingerprint density at radius 1 is 1.32 bits per heavy atom. The number of hydrogen-bond acceptors (Lipinski definition) is 1. The van der Waals surface area contributed by atoms with Gasteiger partial charge in [-0.05, 0) is 24.5 Å². The first-order valence-corrected chi connectivity index (χ1v) is 8.70. The van der Waals surface area contributed by atoms with E-state index >= 15 is 0 Å². The second kappa shape index (κ2) is 8.45. The standard InChI is InChI=1S/C19H25ClN4.HI/c1-21-18(24(3)13-17-11-16(20)12-23(17)2)22-14-19(9-10-19)15-7-5-4-6-8-15;/h4-8,11-12H,9-10,13-14H2,1-3H3,(H,21,22);1H. The van der Waals surface area contributed by atoms with Gasteiger partial charge in [-0.15, -0.1) is 24.0 Å². The monoisotopic (exact) mass is 472 g/mol. The van der Waals surface area contributed by atoms with Crippen LogP contribution in [-0.4, -0.2) is 36.1 Å². The van der Waals surface area contributed by atoms with E-state index in [2.05, 4.69) is 57.2 Å². The molecule has 0 amide bonds. The highest BCUT2D eigenvalue weighted by atomic mass is 127. The maximum absolute atomic E-state index is 6.07. The van der Waals surface area contributed by atoms with Crippen molar-refractivity contribution in [3.05, 3.63) is 58.9 Å². The number of aliphatic imine (C=N–C) groups is 1. The fourth-order valence-electron chi connectivity index (χ4n) is 3.18. The van der Waals surface area contributed by atoms with E-state index in [9.17, 15) is 0 Å². The first kappa shape index (κ1) is 20.1. The smallest absolute Gasteiger partial charge is 0.193 e. The van der Waals surface area contributed by atoms with Crippen LogP contribution in [0.25, 0.3) is 0 Å². The van der Waals surface area contributed by atoms with Crippen molar-refractivity contribution in [2.24, 2.45) is 12.0 Å². The van der Waals surface area contributed by atoms with Crippen molar-refractivity contribution in [2.45, 2.75) is 24.8 Å². The maximum atomic E-state index is 6.07. The largest absolute Gasteiger partial charge is 0.355 e. The van der Waals surface area contributed by atoms with Crippen LogP contribution < -0.4 is 5.32 Å². The Balaban J connectivity index is 0.00000225. The molecule has 0 atom stereocenters. The van der Waals surface area contributed by atoms with E-state index in [1.54, 1.807) is 0 Å². The summed E-state index contributed by atoms with van der Waals surface area (Å²) in [5, 5.41) is 4.32. The Bertz CT molecular complexity index is 722. The van der Waals surface area contributed by atoms with E-state index in [1.807, 2.05) is 26.4 Å². The number of nitrogens with one attached hydrogen (secondary N) is 1. The summed E-state index contributed by atoms with van der Waals surface area (Å²) in [6.07, 6.45) is 4.39. The highest BCUT2D eigenvalue weighted by molar-refractivity contribution is 14.0. The molecule has 6 heteroatoms. The molecule has 136 valence electrons. The van der Waals surface area contributed by atoms with Gasteiger partial charge >= 0.3 is 0 Å². The van der Waals surface area contributed by atoms with Crippen LogP contribution in [0.15, 0.2) is 47.6 Å². The van der Waals surface area contributed by atoms with Crippen molar-refractivity contribution in [3.63, 3.8) is 0 Å². The Labute approximate surface area is 172 Å². The minimum Gasteiger partial charge on any atom is -0.355 e. The molecule has 0 radical (unpaired) electrons. The molecule has 1 aromatic heterocycles. The summed E-state index contributed by atoms with van der Waals surface area (Å²) in [5.41, 5.74) is 2.85. The van der Waals surface area contributed by atoms with Crippen molar-refractivity contribution in [3.8, 4) is 0 Å². The van der Waals surface area contributed by atoms with Crippen LogP contribution in [0.1, 0.15) is 24.1 Å². The zero-order valence-corrected chi connectivity index (χ0v) is 18.1. The number of hydrogen-bond donors (Lipinski definition) is 1. The van der Waals surface area contributed by atoms with E-state index in [4.69, 9.17) is 11.6 Å². The first-order valence-electron chi connectivity index (χ1n) is 8.32. The molecular formula is C19H26ClIN4. The minimum atomic E-state index is 0. The normalized spacial score (nSPS) is 15.4. The van der Waals surface area contributed by atoms with E-state index in [-0.39, 0.29) is 29.4 Å². The van der Waals surface area contributed by atoms with Gasteiger partial charge in [0.1, 0.15) is 0 Å². The highest BCUT2D eigenvalue weighted by Crippen LogP contribution is 2.47. The van der Waals surface area contributed by atoms with Gasteiger partial charge in [-0.1, -0.05) is 41.9 Å². The molecule has 0 bridgehead atoms. The van der Waals surface area contributed by atoms with Gasteiger partial charge in [0.25, 0.3) is 0 Å². The SMILES string of the molecule is CN=C(NCC1(c2ccccc2)CC1)N(C)Cc1cc(Cl)cn1C.I. The van der Waals surface area contributed by atoms with Crippen LogP contribution in [0.3, 0.4) is 0 Å². The van der Waals surface area contributed by atoms with Gasteiger partial charge in [-0.3, -0.25) is 4.99 Å². The Morgan fingerprint density at radius 3 is 2.52 bits per heavy atom. The predicted octanol–water partition coefficient (Wildman–Crippen LogP) is 4.04. The molecular weight excluding hydrogens is 447 g/mol. The molecule has 1 heterocycles. The van der Waals surface area contributed by atoms with Crippen LogP contribution in [0.5, 0.6) is 0 Å². The zero-order valence-electron chi connectivity index (χ0n) is 15.0. The van der Waals surface area contributed by atoms with E-state index in [0.29, 0.717) is 0 Å². The Morgan fingerprint density at radius 2 is 2.00 bits per heavy atom. The zero-order chi connectivity index (χ0) is 17.2. The van der Waals surface area contributed by atoms with Crippen molar-refractivity contribution < 1.29 is 0 Å². The lowest BCUT2D eigenvalue weighted by Crippen LogP contribution is -2.42. The second-order valence-corrected chi connectivity index (χ2v) is 7.10. The van der Waals surface area contributed by atoms with Crippen LogP contribution in [0.2, 0.25) is 5.02 Å². The Hall–Kier alpha value is -1.21. The van der Waals surface area contributed by atoms with Crippen LogP contribution >= 0.6 is 35.6 Å². The molecule has 3 rings (SSSR count). The molecule has 1 aromatic carbocycles. The summed E-state index contributed by atoms with van der Waals surface area (Å²) in [7, 11) is 5.90. The van der Waals surface area contributed by atoms with Gasteiger partial charge in [-0.2, -0.15) is 0 Å². The maximum Gasteiger partial charge on any atom is 0.193 e. The third-order valence-electron chi connectivity index (χ3n) is 4.87. The molecule has 1 fully saturated rings. The topological polar surface area (TPSA) is 32.6 Å². The summed E-state index contributed by atoms with van der Waals surface area (Å²) in [5.74, 6) is 0.912. The van der Waals surface area contributed by atoms with Crippen molar-refractivity contribution in [2.75, 3.05) is 20.6 Å². The Kier molecular flexibility index (Phi) is 6.79. The van der Waals surface area contributed by atoms with E-state index < -0.39 is 0 Å². The van der Waals surface area contributed by atoms with Gasteiger partial charge in [0.05, 0.1) is 11.6 Å². The van der Waals surface area contributed by atoms with E-state index in [0.717, 1.165) is 29.8 Å². The molecule has 1 saturated carbocycles. The van der Waals surface area contributed by atoms with Gasteiger partial charge in [0.15, 0.2) is 5.96 Å². The predicted molar refractivity (Wildman–Crippen MR) is 116 cm³/mol. The number of guanidine groups is 1. The third-order valence-corrected chi connectivity index (χ3v) is 5.08. The third kappa shape index (κ3) is 4.70. The lowest BCUT2D eigenvalue weighted by molar-refractivity contribution is 0.456. The minimum absolute atomic E-state index is 0. The molecule has 0 saturated heterocycles. The fourth-order valence-corrected chi connectivity index (χ4v) is 3.46. The lowest BCUT2D eigenvalue weighted by atomic mass is 9.96. The van der Waals surface area contributed by atoms with Gasteiger partial charge in [-0.25, -0.2) is 0 Å². The first-order chi connectivity index (χ1) is 11.5. The number of aromatic nitrogens is 1. The van der Waals surface area contributed by atoms with Gasteiger partial charge < -0.3 is 14.8 Å². The molecule has 0 spiro atoms. The molecule has 2 aromatic rings. The summed E-state index contributed by atoms with van der Waals surface area (Å²) < 4.78 is 2.05. The quantitative estimate of drug-likeness (QED) is 0.405. The van der Waals surface area contributed by atoms with Crippen molar-refractivity contribution in [1.29, 1.82) is 0 Å². The number of rotatable bonds is 5. The summed E-state index contributed by atoms with van der Waals surface area (Å²) in [4.78, 5) is 6.57. The fraction of sp³-hybridized carbons (Fsp3) is 0.421. The molecule has 4 nitrogen and oxygen atoms in total. The van der Waals surface area contributed by atoms with Crippen LogP contribution in [0, 0.1) is 0 Å². The average molecular weight is 473 g/mol. The summed E-state index contributed by atoms with van der Waals surface area (Å²) in [6.45, 7) is 1.68. The van der Waals surface area contributed by atoms with Crippen molar-refractivity contribution >= 4 is 41.5 Å². The number of aryl methyl sites for hydroxylation is 1. The second-order valence-electron chi connectivity index (χ2n) is 6.66. The molecule has 1 N–H and O–H groups in total. The molecule has 1 aliphatic carbocycles. The average Bonchev–Trinajstić information content (AvgIpc) is 3.30. The van der Waals surface area contributed by atoms with Crippen LogP contribution in [0.4, 0.5) is 0 Å². The summed E-state index contributed by atoms with van der Waals surface area (Å²) in [6, 6.07) is 12.8. The van der Waals surface area contributed by atoms with Crippen LogP contribution in [-0.2, 0) is 19.0 Å². The number of benzene rings is 1. The molecule has 1 aliphatic rings. The van der Waals surface area contributed by atoms with Gasteiger partial charge in [0, 0.05) is 45.0 Å². The lowest BCUT2D eigenvalue weighted by Gasteiger charge is -2.25. The van der Waals surface area contributed by atoms with E-state index in [1.165, 1.54) is 18.4 Å². The van der Waals surface area contributed by atoms with Gasteiger partial charge in [0.2, 0.25) is 0 Å². The number of nitrogens with zero attached hydrogens (tertiary/aromatic N) is 3. The highest BCUT2D eigenvalue weighted by Gasteiger charge is 2.44. The molecule has 25 heavy (non-hydrogen) atoms.